The molecule has 1 heterocycles. The molecule has 0 aliphatic carbocycles. The van der Waals surface area contributed by atoms with Crippen LogP contribution in [0.1, 0.15) is 49.9 Å². The van der Waals surface area contributed by atoms with Crippen LogP contribution in [0.3, 0.4) is 0 Å². The summed E-state index contributed by atoms with van der Waals surface area (Å²) in [5.74, 6) is -0.340. The maximum atomic E-state index is 13.2. The van der Waals surface area contributed by atoms with Gasteiger partial charge in [-0.1, -0.05) is 26.2 Å². The molecule has 0 saturated heterocycles. The number of ether oxygens (including phenoxy) is 2. The average molecular weight is 447 g/mol. The third kappa shape index (κ3) is 5.07. The third-order valence-electron chi connectivity index (χ3n) is 4.90. The fourth-order valence-corrected chi connectivity index (χ4v) is 3.93. The summed E-state index contributed by atoms with van der Waals surface area (Å²) >= 11 is 0. The first-order valence-electron chi connectivity index (χ1n) is 10.3. The molecule has 31 heavy (non-hydrogen) atoms. The molecule has 7 nitrogen and oxygen atoms in total. The van der Waals surface area contributed by atoms with E-state index < -0.39 is 21.2 Å². The van der Waals surface area contributed by atoms with E-state index in [1.165, 1.54) is 30.3 Å². The summed E-state index contributed by atoms with van der Waals surface area (Å²) < 4.78 is 41.1. The summed E-state index contributed by atoms with van der Waals surface area (Å²) in [6.07, 6.45) is 5.03. The number of fused-ring (bicyclic) bond motifs is 2. The minimum absolute atomic E-state index is 0.0308. The first-order chi connectivity index (χ1) is 14.8. The molecule has 0 atom stereocenters. The van der Waals surface area contributed by atoms with Crippen LogP contribution in [0.25, 0.3) is 21.9 Å². The van der Waals surface area contributed by atoms with E-state index in [2.05, 4.69) is 6.92 Å². The summed E-state index contributed by atoms with van der Waals surface area (Å²) in [6.45, 7) is 4.39. The summed E-state index contributed by atoms with van der Waals surface area (Å²) in [5.41, 5.74) is 0.231. The van der Waals surface area contributed by atoms with E-state index in [1.807, 2.05) is 0 Å². The molecule has 0 N–H and O–H groups in total. The molecule has 0 radical (unpaired) electrons. The van der Waals surface area contributed by atoms with Crippen LogP contribution in [-0.4, -0.2) is 33.9 Å². The molecule has 0 unspecified atom stereocenters. The number of rotatable bonds is 9. The third-order valence-corrected chi connectivity index (χ3v) is 6.00. The van der Waals surface area contributed by atoms with Crippen molar-refractivity contribution >= 4 is 37.7 Å². The molecule has 3 rings (SSSR count). The van der Waals surface area contributed by atoms with Gasteiger partial charge < -0.3 is 13.9 Å². The highest BCUT2D eigenvalue weighted by molar-refractivity contribution is 7.90. The predicted molar refractivity (Wildman–Crippen MR) is 119 cm³/mol. The van der Waals surface area contributed by atoms with E-state index in [0.717, 1.165) is 31.9 Å². The minimum atomic E-state index is -3.59. The lowest BCUT2D eigenvalue weighted by Crippen LogP contribution is -2.09. The fraction of sp³-hybridized carbons (Fsp3) is 0.391. The number of benzene rings is 2. The fourth-order valence-electron chi connectivity index (χ4n) is 3.28. The van der Waals surface area contributed by atoms with Gasteiger partial charge in [0.25, 0.3) is 0 Å². The standard InChI is InChI=1S/C23H26O7S/c1-4-6-7-8-11-29-20-14-16(31(3,26)27)13-18-21(24)17-12-15(23(25)28-5-2)9-10-19(17)30-22(18)20/h9-10,12-14H,4-8,11H2,1-3H3. The van der Waals surface area contributed by atoms with Crippen molar-refractivity contribution in [1.29, 1.82) is 0 Å². The molecule has 2 aromatic carbocycles. The van der Waals surface area contributed by atoms with Crippen molar-refractivity contribution in [2.75, 3.05) is 19.5 Å². The monoisotopic (exact) mass is 446 g/mol. The first kappa shape index (κ1) is 22.8. The van der Waals surface area contributed by atoms with Crippen LogP contribution < -0.4 is 10.2 Å². The highest BCUT2D eigenvalue weighted by atomic mass is 32.2. The van der Waals surface area contributed by atoms with E-state index in [0.29, 0.717) is 6.61 Å². The second-order valence-corrected chi connectivity index (χ2v) is 9.36. The molecule has 8 heteroatoms. The Hall–Kier alpha value is -2.87. The van der Waals surface area contributed by atoms with Gasteiger partial charge in [-0.05, 0) is 37.6 Å². The van der Waals surface area contributed by atoms with E-state index in [-0.39, 0.29) is 44.8 Å². The Morgan fingerprint density at radius 2 is 1.81 bits per heavy atom. The number of unbranched alkanes of at least 4 members (excludes halogenated alkanes) is 3. The van der Waals surface area contributed by atoms with Crippen molar-refractivity contribution in [3.8, 4) is 5.75 Å². The lowest BCUT2D eigenvalue weighted by molar-refractivity contribution is 0.0526. The zero-order valence-corrected chi connectivity index (χ0v) is 18.7. The number of esters is 1. The smallest absolute Gasteiger partial charge is 0.338 e. The molecule has 0 spiro atoms. The van der Waals surface area contributed by atoms with Crippen molar-refractivity contribution in [2.24, 2.45) is 0 Å². The van der Waals surface area contributed by atoms with Gasteiger partial charge in [-0.25, -0.2) is 13.2 Å². The van der Waals surface area contributed by atoms with Gasteiger partial charge in [-0.2, -0.15) is 0 Å². The van der Waals surface area contributed by atoms with Gasteiger partial charge in [-0.3, -0.25) is 4.79 Å². The maximum absolute atomic E-state index is 13.2. The number of carbonyl (C=O) groups excluding carboxylic acids is 1. The van der Waals surface area contributed by atoms with Gasteiger partial charge in [0.1, 0.15) is 5.58 Å². The summed E-state index contributed by atoms with van der Waals surface area (Å²) in [6, 6.07) is 7.12. The molecular formula is C23H26O7S. The van der Waals surface area contributed by atoms with Crippen molar-refractivity contribution in [3.05, 3.63) is 46.1 Å². The zero-order valence-electron chi connectivity index (χ0n) is 17.9. The molecule has 0 saturated carbocycles. The Kier molecular flexibility index (Phi) is 7.00. The van der Waals surface area contributed by atoms with Crippen LogP contribution in [0, 0.1) is 0 Å². The van der Waals surface area contributed by atoms with Gasteiger partial charge in [0.05, 0.1) is 34.4 Å². The number of hydrogen-bond donors (Lipinski definition) is 0. The molecule has 1 aromatic heterocycles. The lowest BCUT2D eigenvalue weighted by Gasteiger charge is -2.12. The Morgan fingerprint density at radius 3 is 2.48 bits per heavy atom. The van der Waals surface area contributed by atoms with E-state index in [4.69, 9.17) is 13.9 Å². The Morgan fingerprint density at radius 1 is 1.03 bits per heavy atom. The molecule has 0 fully saturated rings. The molecular weight excluding hydrogens is 420 g/mol. The largest absolute Gasteiger partial charge is 0.490 e. The second-order valence-electron chi connectivity index (χ2n) is 7.34. The van der Waals surface area contributed by atoms with Gasteiger partial charge in [0.15, 0.2) is 21.2 Å². The summed E-state index contributed by atoms with van der Waals surface area (Å²) in [4.78, 5) is 25.2. The van der Waals surface area contributed by atoms with Crippen LogP contribution >= 0.6 is 0 Å². The van der Waals surface area contributed by atoms with Gasteiger partial charge in [0.2, 0.25) is 5.43 Å². The highest BCUT2D eigenvalue weighted by Crippen LogP contribution is 2.31. The topological polar surface area (TPSA) is 99.9 Å². The van der Waals surface area contributed by atoms with Crippen molar-refractivity contribution in [2.45, 2.75) is 44.4 Å². The second kappa shape index (κ2) is 9.51. The number of sulfone groups is 1. The molecule has 0 aliphatic heterocycles. The van der Waals surface area contributed by atoms with Gasteiger partial charge >= 0.3 is 5.97 Å². The van der Waals surface area contributed by atoms with Gasteiger partial charge in [-0.15, -0.1) is 0 Å². The van der Waals surface area contributed by atoms with E-state index >= 15 is 0 Å². The van der Waals surface area contributed by atoms with Crippen molar-refractivity contribution < 1.29 is 27.1 Å². The molecule has 0 amide bonds. The first-order valence-corrected chi connectivity index (χ1v) is 12.2. The van der Waals surface area contributed by atoms with Crippen LogP contribution in [0.5, 0.6) is 5.75 Å². The van der Waals surface area contributed by atoms with Crippen molar-refractivity contribution in [1.82, 2.24) is 0 Å². The van der Waals surface area contributed by atoms with Crippen LogP contribution in [0.2, 0.25) is 0 Å². The number of carbonyl (C=O) groups is 1. The number of hydrogen-bond acceptors (Lipinski definition) is 7. The van der Waals surface area contributed by atoms with Crippen LogP contribution in [0.4, 0.5) is 0 Å². The average Bonchev–Trinajstić information content (AvgIpc) is 2.73. The molecule has 0 bridgehead atoms. The summed E-state index contributed by atoms with van der Waals surface area (Å²) in [5, 5.41) is 0.248. The predicted octanol–water partition coefficient (Wildman–Crippen LogP) is 4.49. The normalized spacial score (nSPS) is 11.7. The van der Waals surface area contributed by atoms with E-state index in [1.54, 1.807) is 6.92 Å². The zero-order chi connectivity index (χ0) is 22.6. The SMILES string of the molecule is CCCCCCOc1cc(S(C)(=O)=O)cc2c(=O)c3cc(C(=O)OCC)ccc3oc12. The highest BCUT2D eigenvalue weighted by Gasteiger charge is 2.19. The van der Waals surface area contributed by atoms with Crippen LogP contribution in [0.15, 0.2) is 44.4 Å². The Bertz CT molecular complexity index is 1270. The van der Waals surface area contributed by atoms with Crippen LogP contribution in [-0.2, 0) is 14.6 Å². The van der Waals surface area contributed by atoms with Crippen molar-refractivity contribution in [3.63, 3.8) is 0 Å². The molecule has 3 aromatic rings. The Balaban J connectivity index is 2.16. The summed E-state index contributed by atoms with van der Waals surface area (Å²) in [7, 11) is -3.59. The molecule has 166 valence electrons. The molecule has 0 aliphatic rings. The van der Waals surface area contributed by atoms with E-state index in [9.17, 15) is 18.0 Å². The quantitative estimate of drug-likeness (QED) is 0.271. The minimum Gasteiger partial charge on any atom is -0.490 e. The maximum Gasteiger partial charge on any atom is 0.338 e. The van der Waals surface area contributed by atoms with Gasteiger partial charge in [0, 0.05) is 12.3 Å². The lowest BCUT2D eigenvalue weighted by atomic mass is 10.1. The Labute approximate surface area is 180 Å².